The van der Waals surface area contributed by atoms with Gasteiger partial charge in [-0.1, -0.05) is 90.9 Å². The van der Waals surface area contributed by atoms with Gasteiger partial charge in [0.2, 0.25) is 0 Å². The van der Waals surface area contributed by atoms with Gasteiger partial charge in [0.25, 0.3) is 0 Å². The molecule has 0 heterocycles. The molecule has 0 aromatic heterocycles. The Morgan fingerprint density at radius 2 is 1.12 bits per heavy atom. The van der Waals surface area contributed by atoms with Crippen molar-refractivity contribution in [3.8, 4) is 0 Å². The second kappa shape index (κ2) is 19.8. The molecule has 2 atom stereocenters. The number of aliphatic hydroxyl groups excluding tert-OH is 1. The number of aliphatic hydroxyl groups is 1. The standard InChI is InChI=1S/C20H42O4S.K/c1-3-5-6-7-8-9-10-11-14-17-20(25(22,23)24)18-15-12-13-16-19(21)4-2;/h19-21H,3-18H2,1-2H3,(H,22,23,24);/q;+1/p-1. The van der Waals surface area contributed by atoms with Crippen molar-refractivity contribution in [2.24, 2.45) is 0 Å². The van der Waals surface area contributed by atoms with Crippen molar-refractivity contribution in [3.05, 3.63) is 0 Å². The predicted molar refractivity (Wildman–Crippen MR) is 105 cm³/mol. The summed E-state index contributed by atoms with van der Waals surface area (Å²) >= 11 is 0. The summed E-state index contributed by atoms with van der Waals surface area (Å²) in [7, 11) is -4.18. The zero-order valence-corrected chi connectivity index (χ0v) is 21.5. The first-order valence-corrected chi connectivity index (χ1v) is 12.0. The second-order valence-corrected chi connectivity index (χ2v) is 9.08. The predicted octanol–water partition coefficient (Wildman–Crippen LogP) is 2.55. The molecule has 0 aromatic carbocycles. The second-order valence-electron chi connectivity index (χ2n) is 7.43. The summed E-state index contributed by atoms with van der Waals surface area (Å²) in [4.78, 5) is 0. The Kier molecular flexibility index (Phi) is 22.6. The van der Waals surface area contributed by atoms with Crippen molar-refractivity contribution in [3.63, 3.8) is 0 Å². The van der Waals surface area contributed by atoms with Gasteiger partial charge in [-0.2, -0.15) is 0 Å². The van der Waals surface area contributed by atoms with Crippen LogP contribution in [0.1, 0.15) is 117 Å². The molecule has 0 aromatic rings. The summed E-state index contributed by atoms with van der Waals surface area (Å²) in [6.07, 6.45) is 15.5. The maximum atomic E-state index is 11.4. The van der Waals surface area contributed by atoms with E-state index in [0.717, 1.165) is 51.4 Å². The molecule has 0 bridgehead atoms. The van der Waals surface area contributed by atoms with Gasteiger partial charge in [-0.3, -0.25) is 0 Å². The molecule has 0 aliphatic carbocycles. The van der Waals surface area contributed by atoms with E-state index < -0.39 is 15.4 Å². The zero-order valence-electron chi connectivity index (χ0n) is 17.5. The molecule has 0 radical (unpaired) electrons. The van der Waals surface area contributed by atoms with E-state index >= 15 is 0 Å². The van der Waals surface area contributed by atoms with Crippen molar-refractivity contribution in [2.75, 3.05) is 0 Å². The molecular weight excluding hydrogens is 375 g/mol. The molecule has 0 spiro atoms. The third-order valence-electron chi connectivity index (χ3n) is 5.07. The number of rotatable bonds is 18. The molecule has 4 nitrogen and oxygen atoms in total. The quantitative estimate of drug-likeness (QED) is 0.212. The fraction of sp³-hybridized carbons (Fsp3) is 1.00. The summed E-state index contributed by atoms with van der Waals surface area (Å²) in [5.41, 5.74) is 0. The topological polar surface area (TPSA) is 77.4 Å². The molecule has 0 saturated carbocycles. The SMILES string of the molecule is CCCCCCCCCCCC(CCCCCC(O)CC)S(=O)(=O)[O-].[K+]. The largest absolute Gasteiger partial charge is 1.00 e. The van der Waals surface area contributed by atoms with Crippen LogP contribution in [0.3, 0.4) is 0 Å². The van der Waals surface area contributed by atoms with Gasteiger partial charge < -0.3 is 9.66 Å². The molecule has 1 N–H and O–H groups in total. The van der Waals surface area contributed by atoms with E-state index in [-0.39, 0.29) is 57.5 Å². The van der Waals surface area contributed by atoms with Gasteiger partial charge in [0.05, 0.1) is 16.2 Å². The first-order chi connectivity index (χ1) is 11.9. The van der Waals surface area contributed by atoms with Crippen LogP contribution in [0.15, 0.2) is 0 Å². The fourth-order valence-electron chi connectivity index (χ4n) is 3.25. The maximum absolute atomic E-state index is 11.4. The van der Waals surface area contributed by atoms with Crippen molar-refractivity contribution < 1.29 is 69.5 Å². The van der Waals surface area contributed by atoms with E-state index in [1.165, 1.54) is 38.5 Å². The minimum absolute atomic E-state index is 0. The molecule has 0 aliphatic heterocycles. The summed E-state index contributed by atoms with van der Waals surface area (Å²) < 4.78 is 34.3. The van der Waals surface area contributed by atoms with Crippen molar-refractivity contribution >= 4 is 10.1 Å². The molecule has 0 aliphatic rings. The van der Waals surface area contributed by atoms with Crippen molar-refractivity contribution in [1.82, 2.24) is 0 Å². The van der Waals surface area contributed by atoms with Crippen LogP contribution in [-0.2, 0) is 10.1 Å². The average Bonchev–Trinajstić information content (AvgIpc) is 2.56. The van der Waals surface area contributed by atoms with Crippen LogP contribution in [0.25, 0.3) is 0 Å². The minimum atomic E-state index is -4.18. The molecule has 26 heavy (non-hydrogen) atoms. The minimum Gasteiger partial charge on any atom is -0.748 e. The molecule has 0 amide bonds. The van der Waals surface area contributed by atoms with Gasteiger partial charge in [0, 0.05) is 5.25 Å². The Morgan fingerprint density at radius 1 is 0.731 bits per heavy atom. The average molecular weight is 417 g/mol. The van der Waals surface area contributed by atoms with Crippen molar-refractivity contribution in [1.29, 1.82) is 0 Å². The number of hydrogen-bond acceptors (Lipinski definition) is 4. The van der Waals surface area contributed by atoms with E-state index in [2.05, 4.69) is 6.92 Å². The Labute approximate surface area is 205 Å². The first kappa shape index (κ1) is 29.7. The summed E-state index contributed by atoms with van der Waals surface area (Å²) in [5, 5.41) is 8.78. The maximum Gasteiger partial charge on any atom is 1.00 e. The van der Waals surface area contributed by atoms with Gasteiger partial charge in [-0.05, 0) is 25.7 Å². The summed E-state index contributed by atoms with van der Waals surface area (Å²) in [5.74, 6) is 0. The molecular formula is C20H41KO4S. The summed E-state index contributed by atoms with van der Waals surface area (Å²) in [6, 6.07) is 0. The zero-order chi connectivity index (χ0) is 19.0. The van der Waals surface area contributed by atoms with Crippen LogP contribution in [0.5, 0.6) is 0 Å². The van der Waals surface area contributed by atoms with Crippen LogP contribution in [0.2, 0.25) is 0 Å². The Bertz CT molecular complexity index is 387. The molecule has 152 valence electrons. The normalized spacial score (nSPS) is 14.0. The molecule has 6 heteroatoms. The summed E-state index contributed by atoms with van der Waals surface area (Å²) in [6.45, 7) is 4.17. The molecule has 2 unspecified atom stereocenters. The van der Waals surface area contributed by atoms with Crippen molar-refractivity contribution in [2.45, 2.75) is 128 Å². The van der Waals surface area contributed by atoms with Gasteiger partial charge in [0.15, 0.2) is 0 Å². The Morgan fingerprint density at radius 3 is 1.54 bits per heavy atom. The van der Waals surface area contributed by atoms with Crippen LogP contribution in [0, 0.1) is 0 Å². The number of hydrogen-bond donors (Lipinski definition) is 1. The van der Waals surface area contributed by atoms with Gasteiger partial charge >= 0.3 is 51.4 Å². The first-order valence-electron chi connectivity index (χ1n) is 10.5. The van der Waals surface area contributed by atoms with Crippen LogP contribution in [0.4, 0.5) is 0 Å². The van der Waals surface area contributed by atoms with Gasteiger partial charge in [0.1, 0.15) is 0 Å². The van der Waals surface area contributed by atoms with Gasteiger partial charge in [-0.25, -0.2) is 8.42 Å². The van der Waals surface area contributed by atoms with E-state index in [9.17, 15) is 18.1 Å². The molecule has 0 rings (SSSR count). The monoisotopic (exact) mass is 416 g/mol. The van der Waals surface area contributed by atoms with Crippen LogP contribution < -0.4 is 51.4 Å². The third-order valence-corrected chi connectivity index (χ3v) is 6.36. The van der Waals surface area contributed by atoms with Crippen LogP contribution >= 0.6 is 0 Å². The Hall–Kier alpha value is 1.51. The van der Waals surface area contributed by atoms with E-state index in [0.29, 0.717) is 12.8 Å². The Balaban J connectivity index is 0. The van der Waals surface area contributed by atoms with E-state index in [1.54, 1.807) is 0 Å². The van der Waals surface area contributed by atoms with Gasteiger partial charge in [-0.15, -0.1) is 0 Å². The van der Waals surface area contributed by atoms with Crippen LogP contribution in [-0.4, -0.2) is 29.4 Å². The fourth-order valence-corrected chi connectivity index (χ4v) is 4.16. The molecule has 0 saturated heterocycles. The third kappa shape index (κ3) is 18.9. The van der Waals surface area contributed by atoms with E-state index in [1.807, 2.05) is 6.92 Å². The number of unbranched alkanes of at least 4 members (excludes halogenated alkanes) is 10. The smallest absolute Gasteiger partial charge is 0.748 e. The molecule has 0 fully saturated rings. The van der Waals surface area contributed by atoms with E-state index in [4.69, 9.17) is 0 Å².